The quantitative estimate of drug-likeness (QED) is 0.534. The van der Waals surface area contributed by atoms with Crippen LogP contribution in [0.1, 0.15) is 5.69 Å². The van der Waals surface area contributed by atoms with Crippen molar-refractivity contribution in [1.82, 2.24) is 15.0 Å². The Kier molecular flexibility index (Phi) is 1.44. The average molecular weight is 142 g/mol. The minimum atomic E-state index is 0.322. The Morgan fingerprint density at radius 1 is 1.89 bits per heavy atom. The van der Waals surface area contributed by atoms with Crippen molar-refractivity contribution in [3.8, 4) is 0 Å². The maximum Gasteiger partial charge on any atom is 0.124 e. The van der Waals surface area contributed by atoms with E-state index in [-0.39, 0.29) is 0 Å². The van der Waals surface area contributed by atoms with E-state index >= 15 is 0 Å². The summed E-state index contributed by atoms with van der Waals surface area (Å²) >= 11 is 4.68. The number of thiocarbonyl (C=S) groups is 1. The van der Waals surface area contributed by atoms with E-state index in [9.17, 15) is 0 Å². The van der Waals surface area contributed by atoms with Gasteiger partial charge in [-0.1, -0.05) is 17.4 Å². The average Bonchev–Trinajstić information content (AvgIpc) is 2.13. The molecule has 0 spiro atoms. The van der Waals surface area contributed by atoms with E-state index < -0.39 is 0 Å². The van der Waals surface area contributed by atoms with E-state index in [1.807, 2.05) is 0 Å². The number of rotatable bonds is 1. The van der Waals surface area contributed by atoms with Gasteiger partial charge in [-0.05, 0) is 0 Å². The lowest BCUT2D eigenvalue weighted by molar-refractivity contribution is 0.710. The molecule has 1 aromatic rings. The van der Waals surface area contributed by atoms with Gasteiger partial charge in [-0.2, -0.15) is 0 Å². The van der Waals surface area contributed by atoms with Gasteiger partial charge in [-0.15, -0.1) is 5.10 Å². The number of hydrogen-bond donors (Lipinski definition) is 1. The van der Waals surface area contributed by atoms with Crippen LogP contribution < -0.4 is 5.73 Å². The summed E-state index contributed by atoms with van der Waals surface area (Å²) in [5.74, 6) is 0. The minimum Gasteiger partial charge on any atom is -0.388 e. The van der Waals surface area contributed by atoms with Crippen molar-refractivity contribution >= 4 is 17.2 Å². The molecule has 0 aromatic carbocycles. The Morgan fingerprint density at radius 2 is 2.56 bits per heavy atom. The molecule has 4 nitrogen and oxygen atoms in total. The van der Waals surface area contributed by atoms with Crippen LogP contribution in [0.2, 0.25) is 0 Å². The van der Waals surface area contributed by atoms with Gasteiger partial charge >= 0.3 is 0 Å². The molecular weight excluding hydrogens is 136 g/mol. The predicted molar refractivity (Wildman–Crippen MR) is 36.9 cm³/mol. The number of aryl methyl sites for hydroxylation is 1. The molecule has 5 heteroatoms. The van der Waals surface area contributed by atoms with E-state index in [1.54, 1.807) is 7.05 Å². The van der Waals surface area contributed by atoms with Crippen molar-refractivity contribution in [2.45, 2.75) is 0 Å². The molecule has 0 unspecified atom stereocenters. The third-order valence-electron chi connectivity index (χ3n) is 0.967. The number of aromatic nitrogens is 3. The summed E-state index contributed by atoms with van der Waals surface area (Å²) in [6.07, 6.45) is 1.53. The van der Waals surface area contributed by atoms with E-state index in [0.717, 1.165) is 0 Å². The molecule has 1 aromatic heterocycles. The van der Waals surface area contributed by atoms with Crippen LogP contribution >= 0.6 is 12.2 Å². The first-order chi connectivity index (χ1) is 4.22. The van der Waals surface area contributed by atoms with Crippen LogP contribution in [0.5, 0.6) is 0 Å². The van der Waals surface area contributed by atoms with Crippen LogP contribution in [-0.4, -0.2) is 20.0 Å². The highest BCUT2D eigenvalue weighted by molar-refractivity contribution is 7.80. The monoisotopic (exact) mass is 142 g/mol. The molecule has 0 fully saturated rings. The zero-order valence-corrected chi connectivity index (χ0v) is 5.72. The first-order valence-corrected chi connectivity index (χ1v) is 2.77. The molecule has 0 bridgehead atoms. The van der Waals surface area contributed by atoms with E-state index in [2.05, 4.69) is 22.5 Å². The second-order valence-corrected chi connectivity index (χ2v) is 2.05. The maximum absolute atomic E-state index is 5.29. The lowest BCUT2D eigenvalue weighted by atomic mass is 10.5. The van der Waals surface area contributed by atoms with Gasteiger partial charge < -0.3 is 5.73 Å². The zero-order valence-electron chi connectivity index (χ0n) is 4.90. The second-order valence-electron chi connectivity index (χ2n) is 1.61. The Hall–Kier alpha value is -0.970. The summed E-state index contributed by atoms with van der Waals surface area (Å²) in [6, 6.07) is 0. The van der Waals surface area contributed by atoms with Crippen LogP contribution in [0.4, 0.5) is 0 Å². The number of hydrogen-bond acceptors (Lipinski definition) is 3. The third-order valence-corrected chi connectivity index (χ3v) is 1.18. The molecule has 48 valence electrons. The van der Waals surface area contributed by atoms with Gasteiger partial charge in [0.25, 0.3) is 0 Å². The highest BCUT2D eigenvalue weighted by Gasteiger charge is 1.99. The Balaban J connectivity index is 3.08. The van der Waals surface area contributed by atoms with Crippen molar-refractivity contribution in [2.75, 3.05) is 0 Å². The van der Waals surface area contributed by atoms with Crippen molar-refractivity contribution in [1.29, 1.82) is 0 Å². The van der Waals surface area contributed by atoms with Crippen molar-refractivity contribution in [2.24, 2.45) is 12.8 Å². The Morgan fingerprint density at radius 3 is 2.78 bits per heavy atom. The van der Waals surface area contributed by atoms with Gasteiger partial charge in [0.05, 0.1) is 6.20 Å². The van der Waals surface area contributed by atoms with Crippen LogP contribution in [0.15, 0.2) is 6.20 Å². The molecule has 0 atom stereocenters. The first kappa shape index (κ1) is 6.15. The van der Waals surface area contributed by atoms with Gasteiger partial charge in [0.2, 0.25) is 0 Å². The molecule has 0 aliphatic rings. The Labute approximate surface area is 57.7 Å². The zero-order chi connectivity index (χ0) is 6.85. The summed E-state index contributed by atoms with van der Waals surface area (Å²) in [5.41, 5.74) is 5.97. The topological polar surface area (TPSA) is 56.7 Å². The first-order valence-electron chi connectivity index (χ1n) is 2.36. The molecule has 0 amide bonds. The van der Waals surface area contributed by atoms with Gasteiger partial charge in [0, 0.05) is 7.05 Å². The molecule has 0 radical (unpaired) electrons. The summed E-state index contributed by atoms with van der Waals surface area (Å²) in [6.45, 7) is 0. The van der Waals surface area contributed by atoms with Crippen molar-refractivity contribution in [3.63, 3.8) is 0 Å². The fourth-order valence-corrected chi connectivity index (χ4v) is 0.698. The summed E-state index contributed by atoms with van der Waals surface area (Å²) in [7, 11) is 1.74. The smallest absolute Gasteiger partial charge is 0.124 e. The Bertz CT molecular complexity index is 228. The SMILES string of the molecule is Cn1nncc1C(N)=S. The molecule has 2 N–H and O–H groups in total. The lowest BCUT2D eigenvalue weighted by Gasteiger charge is -1.92. The van der Waals surface area contributed by atoms with Gasteiger partial charge in [0.1, 0.15) is 10.7 Å². The highest BCUT2D eigenvalue weighted by atomic mass is 32.1. The van der Waals surface area contributed by atoms with Gasteiger partial charge in [-0.3, -0.25) is 0 Å². The van der Waals surface area contributed by atoms with Gasteiger partial charge in [0.15, 0.2) is 0 Å². The summed E-state index contributed by atoms with van der Waals surface area (Å²) < 4.78 is 1.53. The highest BCUT2D eigenvalue weighted by Crippen LogP contribution is 1.90. The largest absolute Gasteiger partial charge is 0.388 e. The summed E-state index contributed by atoms with van der Waals surface area (Å²) in [4.78, 5) is 0.322. The van der Waals surface area contributed by atoms with E-state index in [1.165, 1.54) is 10.9 Å². The van der Waals surface area contributed by atoms with E-state index in [0.29, 0.717) is 10.7 Å². The fraction of sp³-hybridized carbons (Fsp3) is 0.250. The van der Waals surface area contributed by atoms with Crippen molar-refractivity contribution < 1.29 is 0 Å². The summed E-state index contributed by atoms with van der Waals surface area (Å²) in [5, 5.41) is 7.23. The second kappa shape index (κ2) is 2.10. The van der Waals surface area contributed by atoms with Gasteiger partial charge in [-0.25, -0.2) is 4.68 Å². The van der Waals surface area contributed by atoms with Crippen LogP contribution in [0, 0.1) is 0 Å². The molecular formula is C4H6N4S. The minimum absolute atomic E-state index is 0.322. The number of nitrogens with zero attached hydrogens (tertiary/aromatic N) is 3. The third kappa shape index (κ3) is 1.05. The molecule has 9 heavy (non-hydrogen) atoms. The maximum atomic E-state index is 5.29. The van der Waals surface area contributed by atoms with Crippen LogP contribution in [0.25, 0.3) is 0 Å². The molecule has 1 rings (SSSR count). The van der Waals surface area contributed by atoms with Crippen LogP contribution in [-0.2, 0) is 7.05 Å². The van der Waals surface area contributed by atoms with Crippen molar-refractivity contribution in [3.05, 3.63) is 11.9 Å². The predicted octanol–water partition coefficient (Wildman–Crippen LogP) is -0.551. The molecule has 0 saturated heterocycles. The molecule has 0 aliphatic carbocycles. The molecule has 1 heterocycles. The molecule has 0 saturated carbocycles. The molecule has 0 aliphatic heterocycles. The van der Waals surface area contributed by atoms with Crippen LogP contribution in [0.3, 0.4) is 0 Å². The lowest BCUT2D eigenvalue weighted by Crippen LogP contribution is -2.14. The fourth-order valence-electron chi connectivity index (χ4n) is 0.513. The standard InChI is InChI=1S/C4H6N4S/c1-8-3(4(5)9)2-6-7-8/h2H,1H3,(H2,5,9). The number of nitrogens with two attached hydrogens (primary N) is 1. The van der Waals surface area contributed by atoms with E-state index in [4.69, 9.17) is 5.73 Å². The normalized spacial score (nSPS) is 9.44.